The van der Waals surface area contributed by atoms with Gasteiger partial charge in [-0.25, -0.2) is 18.8 Å². The Morgan fingerprint density at radius 3 is 1.68 bits per heavy atom. The number of nitrogens with zero attached hydrogens (tertiary/aromatic N) is 4. The van der Waals surface area contributed by atoms with Gasteiger partial charge < -0.3 is 39.1 Å². The molecule has 0 radical (unpaired) electrons. The average molecular weight is 1220 g/mol. The van der Waals surface area contributed by atoms with Crippen LogP contribution in [0.4, 0.5) is 5.88 Å². The van der Waals surface area contributed by atoms with Crippen molar-refractivity contribution in [2.75, 3.05) is 38.6 Å². The van der Waals surface area contributed by atoms with Crippen LogP contribution in [0.2, 0.25) is 0 Å². The number of unbranched alkanes of at least 4 members (excludes halogenated alkanes) is 4. The van der Waals surface area contributed by atoms with E-state index in [1.165, 1.54) is 64.0 Å². The smallest absolute Gasteiger partial charge is 0.433 e. The zero-order valence-electron chi connectivity index (χ0n) is 43.5. The van der Waals surface area contributed by atoms with Gasteiger partial charge in [0.05, 0.1) is 24.9 Å². The van der Waals surface area contributed by atoms with Crippen molar-refractivity contribution >= 4 is 76.5 Å². The molecule has 432 valence electrons. The minimum absolute atomic E-state index is 0. The summed E-state index contributed by atoms with van der Waals surface area (Å²) < 4.78 is 49.9. The molecule has 7 N–H and O–H groups in total. The Labute approximate surface area is 465 Å². The van der Waals surface area contributed by atoms with Crippen molar-refractivity contribution in [2.24, 2.45) is 0 Å². The Bertz CT molecular complexity index is 2620. The van der Waals surface area contributed by atoms with E-state index in [1.807, 2.05) is 13.0 Å². The van der Waals surface area contributed by atoms with E-state index in [9.17, 15) is 33.9 Å². The molecule has 4 aromatic rings. The molecule has 4 aromatic heterocycles. The summed E-state index contributed by atoms with van der Waals surface area (Å²) in [5.74, 6) is 1.20. The average Bonchev–Trinajstić information content (AvgIpc) is 4.19. The van der Waals surface area contributed by atoms with Gasteiger partial charge in [-0.2, -0.15) is 0 Å². The van der Waals surface area contributed by atoms with E-state index in [1.54, 1.807) is 72.0 Å². The topological polar surface area (TPSA) is 329 Å². The molecule has 0 aliphatic carbocycles. The number of aromatic amines is 2. The number of H-pyrrole nitrogens is 2. The zero-order chi connectivity index (χ0) is 56.9. The van der Waals surface area contributed by atoms with Crippen LogP contribution >= 0.6 is 70.7 Å². The lowest BCUT2D eigenvalue weighted by molar-refractivity contribution is -0.402. The van der Waals surface area contributed by atoms with E-state index >= 15 is 0 Å². The fourth-order valence-corrected chi connectivity index (χ4v) is 7.64. The highest BCUT2D eigenvalue weighted by Gasteiger charge is 2.34. The van der Waals surface area contributed by atoms with E-state index in [2.05, 4.69) is 16.9 Å². The predicted molar refractivity (Wildman–Crippen MR) is 296 cm³/mol. The molecule has 6 heterocycles. The molecule has 6 rings (SSSR count). The number of ether oxygens (including phenoxy) is 2. The van der Waals surface area contributed by atoms with Crippen molar-refractivity contribution in [3.63, 3.8) is 0 Å². The number of aromatic nitrogens is 4. The molecular weight excluding hydrogens is 1150 g/mol. The maximum atomic E-state index is 13.6. The number of nitro groups is 1. The first kappa shape index (κ1) is 72.5. The van der Waals surface area contributed by atoms with Gasteiger partial charge in [0.1, 0.15) is 47.6 Å². The highest BCUT2D eigenvalue weighted by molar-refractivity contribution is 8.20. The summed E-state index contributed by atoms with van der Waals surface area (Å²) in [6, 6.07) is 6.11. The van der Waals surface area contributed by atoms with Crippen molar-refractivity contribution in [3.05, 3.63) is 141 Å². The Balaban J connectivity index is 0.00000112. The summed E-state index contributed by atoms with van der Waals surface area (Å²) >= 11 is 25.8. The summed E-state index contributed by atoms with van der Waals surface area (Å²) in [4.78, 5) is 60.9. The van der Waals surface area contributed by atoms with Crippen molar-refractivity contribution < 1.29 is 57.6 Å². The molecule has 23 nitrogen and oxygen atoms in total. The van der Waals surface area contributed by atoms with Gasteiger partial charge in [-0.3, -0.25) is 47.9 Å². The lowest BCUT2D eigenvalue weighted by Crippen LogP contribution is -2.33. The summed E-state index contributed by atoms with van der Waals surface area (Å²) in [6.45, 7) is 12.2. The van der Waals surface area contributed by atoms with Crippen LogP contribution in [0.5, 0.6) is 0 Å². The van der Waals surface area contributed by atoms with E-state index in [-0.39, 0.29) is 37.7 Å². The van der Waals surface area contributed by atoms with E-state index in [0.717, 1.165) is 11.6 Å². The quantitative estimate of drug-likeness (QED) is 0.0137. The van der Waals surface area contributed by atoms with Gasteiger partial charge in [-0.05, 0) is 98.2 Å². The van der Waals surface area contributed by atoms with Gasteiger partial charge >= 0.3 is 25.0 Å². The Kier molecular flexibility index (Phi) is 36.5. The van der Waals surface area contributed by atoms with E-state index < -0.39 is 77.3 Å². The molecule has 0 amide bonds. The molecule has 76 heavy (non-hydrogen) atoms. The van der Waals surface area contributed by atoms with Gasteiger partial charge in [0.25, 0.3) is 11.1 Å². The number of rotatable bonds is 20. The van der Waals surface area contributed by atoms with Gasteiger partial charge in [0, 0.05) is 41.8 Å². The highest BCUT2D eigenvalue weighted by atomic mass is 36.0. The van der Waals surface area contributed by atoms with Gasteiger partial charge in [-0.15, -0.1) is 23.2 Å². The van der Waals surface area contributed by atoms with Crippen LogP contribution in [0.15, 0.2) is 89.0 Å². The lowest BCUT2D eigenvalue weighted by atomic mass is 10.2. The van der Waals surface area contributed by atoms with Crippen LogP contribution in [-0.4, -0.2) is 106 Å². The molecule has 0 spiro atoms. The second-order valence-electron chi connectivity index (χ2n) is 17.1. The number of alkyl halides is 2. The van der Waals surface area contributed by atoms with Crippen molar-refractivity contribution in [1.82, 2.24) is 23.8 Å². The number of nitrogens with one attached hydrogen (secondary N) is 2. The third-order valence-corrected chi connectivity index (χ3v) is 12.0. The second kappa shape index (κ2) is 38.2. The summed E-state index contributed by atoms with van der Waals surface area (Å²) in [5, 5.41) is 36.7. The van der Waals surface area contributed by atoms with Crippen molar-refractivity contribution in [2.45, 2.75) is 130 Å². The fraction of sp³-hybridized carbons (Fsp3) is 0.565. The van der Waals surface area contributed by atoms with E-state index in [0.29, 0.717) is 42.2 Å². The number of aryl methyl sites for hydroxylation is 3. The fourth-order valence-electron chi connectivity index (χ4n) is 5.78. The maximum Gasteiger partial charge on any atom is 0.433 e. The summed E-state index contributed by atoms with van der Waals surface area (Å²) in [6.07, 6.45) is 13.5. The number of aliphatic hydroxyl groups excluding tert-OH is 2. The Morgan fingerprint density at radius 2 is 1.28 bits per heavy atom. The minimum Gasteiger partial charge on any atom is -0.464 e. The minimum atomic E-state index is -3.87. The molecule has 0 saturated carbocycles. The molecule has 5 atom stereocenters. The van der Waals surface area contributed by atoms with Crippen LogP contribution in [0, 0.1) is 30.9 Å². The first-order chi connectivity index (χ1) is 35.2. The number of hydrogen-bond acceptors (Lipinski definition) is 16. The predicted octanol–water partition coefficient (Wildman–Crippen LogP) is 9.15. The Hall–Kier alpha value is -3.45. The largest absolute Gasteiger partial charge is 0.464 e. The molecule has 0 aromatic carbocycles. The zero-order valence-corrected chi connectivity index (χ0v) is 49.1. The molecule has 5 unspecified atom stereocenters. The summed E-state index contributed by atoms with van der Waals surface area (Å²) in [5.41, 5.74) is -1.76. The van der Waals surface area contributed by atoms with Crippen LogP contribution in [0.3, 0.4) is 0 Å². The molecule has 2 aliphatic heterocycles. The monoisotopic (exact) mass is 1220 g/mol. The molecule has 0 saturated heterocycles. The molecule has 0 bridgehead atoms. The molecule has 0 fully saturated rings. The molecule has 2 aliphatic rings. The van der Waals surface area contributed by atoms with Crippen LogP contribution < -0.4 is 22.5 Å². The van der Waals surface area contributed by atoms with Gasteiger partial charge in [-0.1, -0.05) is 72.1 Å². The molecule has 30 heteroatoms. The Morgan fingerprint density at radius 1 is 0.789 bits per heavy atom. The third kappa shape index (κ3) is 29.5. The first-order valence-corrected chi connectivity index (χ1v) is 29.9. The van der Waals surface area contributed by atoms with Crippen molar-refractivity contribution in [3.8, 4) is 0 Å². The van der Waals surface area contributed by atoms with Gasteiger partial charge in [0.2, 0.25) is 0 Å². The van der Waals surface area contributed by atoms with Gasteiger partial charge in [0.15, 0.2) is 18.4 Å². The van der Waals surface area contributed by atoms with E-state index in [4.69, 9.17) is 99.6 Å². The summed E-state index contributed by atoms with van der Waals surface area (Å²) in [7, 11) is -2.30. The highest BCUT2D eigenvalue weighted by Crippen LogP contribution is 2.52. The number of halogens is 5. The van der Waals surface area contributed by atoms with Crippen molar-refractivity contribution in [1.29, 1.82) is 0 Å². The standard InChI is InChI=1S/C20H26ClN4O9P.C10H12N2O4.C6H13Cl.C6H8O2.C4H10O.Cl3P.H2O/c1-14-11-24(20(27)22-19(14)26)17-7-5-15(33-17)12-31-35(30,23(2)10-4-3-9-21)32-13-16-6-8-18(34-16)25(28)29;1-6-4-12(10(15)11-9(6)14)8-3-2-7(5-13)16-8;1-2-3-4-5-6-7;1-5-2-3-6(4-7)8-5;1-4(2,3)5;1-4(2)3;/h5-8,11,15,17H,3-4,9-10,12-13H2,1-2H3,(H,22,26,27);2-4,7-8,13H,5H2,1H3,(H,11,14,15);2-6H2,1H3;2-3,7H,4H2,1H3;5H,1-3H3;;1H2. The number of hydrogen-bond donors (Lipinski definition) is 5. The second-order valence-corrected chi connectivity index (χ2v) is 25.0. The van der Waals surface area contributed by atoms with Crippen LogP contribution in [0.25, 0.3) is 0 Å². The normalized spacial score (nSPS) is 17.1. The van der Waals surface area contributed by atoms with Crippen LogP contribution in [0.1, 0.15) is 107 Å². The van der Waals surface area contributed by atoms with Crippen LogP contribution in [-0.2, 0) is 36.3 Å². The SMILES string of the molecule is CC(C)(C)O.CCCCCCCl.Cc1ccc(CO)o1.Cc1cn(C2C=CC(CO)O2)c(=O)[nH]c1=O.Cc1cn(C2C=CC(COP(=O)(OCc3ccc([N+](=O)[O-])o3)N(C)CCCCCl)O2)c(=O)[nH]c1=O.ClP(Cl)Cl.O. The molecular formula is C46H71Cl5N6O17P2. The third-order valence-electron chi connectivity index (χ3n) is 9.45. The maximum absolute atomic E-state index is 13.6. The first-order valence-electron chi connectivity index (χ1n) is 23.3. The number of furan rings is 2. The lowest BCUT2D eigenvalue weighted by Gasteiger charge is -2.27. The number of aliphatic hydroxyl groups is 3.